The molecule has 2 heteroatoms. The lowest BCUT2D eigenvalue weighted by atomic mass is 10.1. The molecular formula is C14H14O2. The van der Waals surface area contributed by atoms with E-state index in [0.29, 0.717) is 5.75 Å². The number of rotatable bonds is 3. The van der Waals surface area contributed by atoms with Gasteiger partial charge < -0.3 is 9.84 Å². The van der Waals surface area contributed by atoms with Crippen LogP contribution in [0.5, 0.6) is 17.2 Å². The fraction of sp³-hybridized carbons (Fsp3) is 0.143. The van der Waals surface area contributed by atoms with Gasteiger partial charge in [0.15, 0.2) is 0 Å². The molecule has 1 N–H and O–H groups in total. The minimum absolute atomic E-state index is 0.288. The Morgan fingerprint density at radius 2 is 1.75 bits per heavy atom. The highest BCUT2D eigenvalue weighted by molar-refractivity contribution is 5.41. The average Bonchev–Trinajstić information content (AvgIpc) is 2.31. The number of hydrogen-bond donors (Lipinski definition) is 1. The van der Waals surface area contributed by atoms with E-state index in [1.54, 1.807) is 6.07 Å². The number of ether oxygens (including phenoxy) is 1. The third-order valence-electron chi connectivity index (χ3n) is 2.42. The van der Waals surface area contributed by atoms with Gasteiger partial charge in [0.2, 0.25) is 0 Å². The van der Waals surface area contributed by atoms with E-state index in [1.165, 1.54) is 0 Å². The Balaban J connectivity index is 2.20. The van der Waals surface area contributed by atoms with Crippen LogP contribution in [0.2, 0.25) is 0 Å². The zero-order valence-corrected chi connectivity index (χ0v) is 9.18. The molecule has 0 heterocycles. The van der Waals surface area contributed by atoms with Gasteiger partial charge in [-0.15, -0.1) is 0 Å². The molecule has 0 aromatic heterocycles. The lowest BCUT2D eigenvalue weighted by Crippen LogP contribution is -1.86. The number of para-hydroxylation sites is 1. The van der Waals surface area contributed by atoms with Crippen LogP contribution in [0.1, 0.15) is 12.5 Å². The Bertz CT molecular complexity index is 463. The second kappa shape index (κ2) is 4.71. The molecule has 2 nitrogen and oxygen atoms in total. The molecule has 0 aliphatic carbocycles. The van der Waals surface area contributed by atoms with E-state index < -0.39 is 0 Å². The van der Waals surface area contributed by atoms with Gasteiger partial charge in [0.05, 0.1) is 0 Å². The highest BCUT2D eigenvalue weighted by atomic mass is 16.5. The average molecular weight is 214 g/mol. The van der Waals surface area contributed by atoms with Crippen molar-refractivity contribution in [3.05, 3.63) is 54.1 Å². The lowest BCUT2D eigenvalue weighted by Gasteiger charge is -2.07. The molecule has 0 saturated heterocycles. The molecule has 2 aromatic carbocycles. The number of phenols is 1. The first-order valence-corrected chi connectivity index (χ1v) is 5.34. The SMILES string of the molecule is CCc1ccc(Oc2ccccc2)cc1O. The first-order chi connectivity index (χ1) is 7.79. The summed E-state index contributed by atoms with van der Waals surface area (Å²) in [6.45, 7) is 2.01. The summed E-state index contributed by atoms with van der Waals surface area (Å²) >= 11 is 0. The van der Waals surface area contributed by atoms with E-state index in [-0.39, 0.29) is 5.75 Å². The summed E-state index contributed by atoms with van der Waals surface area (Å²) in [5, 5.41) is 9.69. The Morgan fingerprint density at radius 1 is 1.00 bits per heavy atom. The van der Waals surface area contributed by atoms with Crippen molar-refractivity contribution in [1.82, 2.24) is 0 Å². The first-order valence-electron chi connectivity index (χ1n) is 5.34. The van der Waals surface area contributed by atoms with Crippen molar-refractivity contribution in [2.24, 2.45) is 0 Å². The Morgan fingerprint density at radius 3 is 2.38 bits per heavy atom. The van der Waals surface area contributed by atoms with E-state index in [2.05, 4.69) is 0 Å². The van der Waals surface area contributed by atoms with Crippen LogP contribution < -0.4 is 4.74 Å². The maximum Gasteiger partial charge on any atom is 0.131 e. The molecule has 0 spiro atoms. The molecule has 82 valence electrons. The Labute approximate surface area is 95.1 Å². The van der Waals surface area contributed by atoms with Crippen molar-refractivity contribution in [3.8, 4) is 17.2 Å². The van der Waals surface area contributed by atoms with Gasteiger partial charge in [-0.2, -0.15) is 0 Å². The fourth-order valence-electron chi connectivity index (χ4n) is 1.53. The van der Waals surface area contributed by atoms with Gasteiger partial charge in [-0.05, 0) is 30.2 Å². The predicted octanol–water partition coefficient (Wildman–Crippen LogP) is 3.75. The molecule has 0 saturated carbocycles. The lowest BCUT2D eigenvalue weighted by molar-refractivity contribution is 0.450. The molecule has 0 aliphatic heterocycles. The summed E-state index contributed by atoms with van der Waals surface area (Å²) in [4.78, 5) is 0. The predicted molar refractivity (Wildman–Crippen MR) is 64.0 cm³/mol. The summed E-state index contributed by atoms with van der Waals surface area (Å²) in [6.07, 6.45) is 0.817. The summed E-state index contributed by atoms with van der Waals surface area (Å²) in [5.74, 6) is 1.71. The van der Waals surface area contributed by atoms with Crippen LogP contribution in [0.25, 0.3) is 0 Å². The number of aryl methyl sites for hydroxylation is 1. The molecule has 16 heavy (non-hydrogen) atoms. The van der Waals surface area contributed by atoms with E-state index in [9.17, 15) is 5.11 Å². The van der Waals surface area contributed by atoms with E-state index in [1.807, 2.05) is 49.4 Å². The van der Waals surface area contributed by atoms with Gasteiger partial charge in [-0.1, -0.05) is 31.2 Å². The minimum Gasteiger partial charge on any atom is -0.508 e. The molecular weight excluding hydrogens is 200 g/mol. The normalized spacial score (nSPS) is 10.1. The number of hydrogen-bond acceptors (Lipinski definition) is 2. The van der Waals surface area contributed by atoms with Crippen LogP contribution in [0.15, 0.2) is 48.5 Å². The largest absolute Gasteiger partial charge is 0.508 e. The first kappa shape index (κ1) is 10.6. The molecule has 0 amide bonds. The number of aromatic hydroxyl groups is 1. The molecule has 0 fully saturated rings. The Kier molecular flexibility index (Phi) is 3.10. The summed E-state index contributed by atoms with van der Waals surface area (Å²) in [6, 6.07) is 14.9. The summed E-state index contributed by atoms with van der Waals surface area (Å²) < 4.78 is 5.60. The molecule has 0 radical (unpaired) electrons. The van der Waals surface area contributed by atoms with Crippen molar-refractivity contribution >= 4 is 0 Å². The maximum atomic E-state index is 9.69. The third-order valence-corrected chi connectivity index (χ3v) is 2.42. The smallest absolute Gasteiger partial charge is 0.131 e. The van der Waals surface area contributed by atoms with Gasteiger partial charge in [0, 0.05) is 6.07 Å². The van der Waals surface area contributed by atoms with Crippen LogP contribution in [-0.4, -0.2) is 5.11 Å². The highest BCUT2D eigenvalue weighted by Gasteiger charge is 2.02. The fourth-order valence-corrected chi connectivity index (χ4v) is 1.53. The third kappa shape index (κ3) is 2.34. The van der Waals surface area contributed by atoms with Crippen molar-refractivity contribution in [2.75, 3.05) is 0 Å². The van der Waals surface area contributed by atoms with E-state index >= 15 is 0 Å². The summed E-state index contributed by atoms with van der Waals surface area (Å²) in [5.41, 5.74) is 0.931. The van der Waals surface area contributed by atoms with Crippen LogP contribution in [0.4, 0.5) is 0 Å². The van der Waals surface area contributed by atoms with Crippen molar-refractivity contribution < 1.29 is 9.84 Å². The Hall–Kier alpha value is -1.96. The topological polar surface area (TPSA) is 29.5 Å². The highest BCUT2D eigenvalue weighted by Crippen LogP contribution is 2.27. The molecule has 0 aliphatic rings. The van der Waals surface area contributed by atoms with Gasteiger partial charge in [-0.25, -0.2) is 0 Å². The van der Waals surface area contributed by atoms with Crippen molar-refractivity contribution in [3.63, 3.8) is 0 Å². The maximum absolute atomic E-state index is 9.69. The van der Waals surface area contributed by atoms with E-state index in [0.717, 1.165) is 17.7 Å². The van der Waals surface area contributed by atoms with Crippen LogP contribution in [-0.2, 0) is 6.42 Å². The second-order valence-electron chi connectivity index (χ2n) is 3.56. The van der Waals surface area contributed by atoms with Gasteiger partial charge in [0.1, 0.15) is 17.2 Å². The van der Waals surface area contributed by atoms with Crippen LogP contribution in [0, 0.1) is 0 Å². The molecule has 2 rings (SSSR count). The molecule has 0 atom stereocenters. The monoisotopic (exact) mass is 214 g/mol. The minimum atomic E-state index is 0.288. The van der Waals surface area contributed by atoms with Gasteiger partial charge in [-0.3, -0.25) is 0 Å². The van der Waals surface area contributed by atoms with Crippen molar-refractivity contribution in [2.45, 2.75) is 13.3 Å². The zero-order valence-electron chi connectivity index (χ0n) is 9.18. The molecule has 0 unspecified atom stereocenters. The van der Waals surface area contributed by atoms with Crippen LogP contribution in [0.3, 0.4) is 0 Å². The van der Waals surface area contributed by atoms with E-state index in [4.69, 9.17) is 4.74 Å². The van der Waals surface area contributed by atoms with Crippen molar-refractivity contribution in [1.29, 1.82) is 0 Å². The standard InChI is InChI=1S/C14H14O2/c1-2-11-8-9-13(10-14(11)15)16-12-6-4-3-5-7-12/h3-10,15H,2H2,1H3. The quantitative estimate of drug-likeness (QED) is 0.843. The zero-order chi connectivity index (χ0) is 11.4. The van der Waals surface area contributed by atoms with Gasteiger partial charge >= 0.3 is 0 Å². The number of phenolic OH excluding ortho intramolecular Hbond substituents is 1. The van der Waals surface area contributed by atoms with Gasteiger partial charge in [0.25, 0.3) is 0 Å². The van der Waals surface area contributed by atoms with Crippen LogP contribution >= 0.6 is 0 Å². The molecule has 0 bridgehead atoms. The second-order valence-corrected chi connectivity index (χ2v) is 3.56. The molecule has 2 aromatic rings. The number of benzene rings is 2. The summed E-state index contributed by atoms with van der Waals surface area (Å²) in [7, 11) is 0.